The van der Waals surface area contributed by atoms with E-state index in [0.717, 1.165) is 17.1 Å². The number of rotatable bonds is 4. The van der Waals surface area contributed by atoms with Gasteiger partial charge in [0.05, 0.1) is 19.2 Å². The topological polar surface area (TPSA) is 67.2 Å². The molecule has 0 bridgehead atoms. The van der Waals surface area contributed by atoms with Gasteiger partial charge < -0.3 is 18.9 Å². The Hall–Kier alpha value is -3.35. The standard InChI is InChI=1S/C21H22N4O3/c1-28-18-7-5-16(6-8-18)21(27)24-12-10-23(11-13-24)20(26)14-17-15-25-9-3-2-4-19(25)22-17/h2-9,15H,10-14H2,1H3. The first-order valence-corrected chi connectivity index (χ1v) is 9.28. The average Bonchev–Trinajstić information content (AvgIpc) is 3.15. The first-order chi connectivity index (χ1) is 13.6. The smallest absolute Gasteiger partial charge is 0.253 e. The fourth-order valence-electron chi connectivity index (χ4n) is 3.41. The summed E-state index contributed by atoms with van der Waals surface area (Å²) in [5, 5.41) is 0. The van der Waals surface area contributed by atoms with Gasteiger partial charge in [0.2, 0.25) is 5.91 Å². The van der Waals surface area contributed by atoms with E-state index in [9.17, 15) is 9.59 Å². The van der Waals surface area contributed by atoms with Crippen LogP contribution < -0.4 is 4.74 Å². The normalized spacial score (nSPS) is 14.3. The lowest BCUT2D eigenvalue weighted by Crippen LogP contribution is -2.51. The van der Waals surface area contributed by atoms with E-state index in [1.807, 2.05) is 39.9 Å². The first-order valence-electron chi connectivity index (χ1n) is 9.28. The third-order valence-electron chi connectivity index (χ3n) is 5.00. The number of hydrogen-bond donors (Lipinski definition) is 0. The van der Waals surface area contributed by atoms with Crippen molar-refractivity contribution in [2.75, 3.05) is 33.3 Å². The van der Waals surface area contributed by atoms with Gasteiger partial charge in [0.1, 0.15) is 11.4 Å². The maximum absolute atomic E-state index is 12.6. The van der Waals surface area contributed by atoms with Gasteiger partial charge in [-0.3, -0.25) is 9.59 Å². The number of aromatic nitrogens is 2. The van der Waals surface area contributed by atoms with Crippen molar-refractivity contribution in [3.05, 3.63) is 66.1 Å². The quantitative estimate of drug-likeness (QED) is 0.695. The van der Waals surface area contributed by atoms with Crippen LogP contribution in [-0.2, 0) is 11.2 Å². The number of methoxy groups -OCH3 is 1. The van der Waals surface area contributed by atoms with Crippen LogP contribution in [0.15, 0.2) is 54.9 Å². The van der Waals surface area contributed by atoms with Crippen LogP contribution in [0.25, 0.3) is 5.65 Å². The van der Waals surface area contributed by atoms with E-state index in [0.29, 0.717) is 31.7 Å². The molecular weight excluding hydrogens is 356 g/mol. The summed E-state index contributed by atoms with van der Waals surface area (Å²) in [5.41, 5.74) is 2.22. The molecule has 7 heteroatoms. The van der Waals surface area contributed by atoms with Gasteiger partial charge in [0.15, 0.2) is 0 Å². The number of carbonyl (C=O) groups excluding carboxylic acids is 2. The summed E-state index contributed by atoms with van der Waals surface area (Å²) in [7, 11) is 1.60. The van der Waals surface area contributed by atoms with E-state index in [1.165, 1.54) is 0 Å². The molecule has 0 unspecified atom stereocenters. The summed E-state index contributed by atoms with van der Waals surface area (Å²) < 4.78 is 7.04. The molecule has 0 aliphatic carbocycles. The van der Waals surface area contributed by atoms with Crippen LogP contribution in [0.1, 0.15) is 16.1 Å². The van der Waals surface area contributed by atoms with Crippen molar-refractivity contribution in [2.24, 2.45) is 0 Å². The largest absolute Gasteiger partial charge is 0.497 e. The van der Waals surface area contributed by atoms with Crippen molar-refractivity contribution in [2.45, 2.75) is 6.42 Å². The summed E-state index contributed by atoms with van der Waals surface area (Å²) >= 11 is 0. The zero-order valence-electron chi connectivity index (χ0n) is 15.7. The van der Waals surface area contributed by atoms with Crippen LogP contribution >= 0.6 is 0 Å². The summed E-state index contributed by atoms with van der Waals surface area (Å²) in [6, 6.07) is 12.9. The van der Waals surface area contributed by atoms with E-state index in [1.54, 1.807) is 36.3 Å². The number of piperazine rings is 1. The lowest BCUT2D eigenvalue weighted by Gasteiger charge is -2.34. The second-order valence-corrected chi connectivity index (χ2v) is 6.78. The molecule has 1 aromatic carbocycles. The Morgan fingerprint density at radius 3 is 2.39 bits per heavy atom. The highest BCUT2D eigenvalue weighted by atomic mass is 16.5. The Kier molecular flexibility index (Phi) is 4.97. The van der Waals surface area contributed by atoms with Gasteiger partial charge in [-0.1, -0.05) is 6.07 Å². The summed E-state index contributed by atoms with van der Waals surface area (Å²) in [6.07, 6.45) is 4.07. The summed E-state index contributed by atoms with van der Waals surface area (Å²) in [5.74, 6) is 0.744. The van der Waals surface area contributed by atoms with Crippen LogP contribution in [0.2, 0.25) is 0 Å². The van der Waals surface area contributed by atoms with E-state index in [2.05, 4.69) is 4.98 Å². The lowest BCUT2D eigenvalue weighted by molar-refractivity contribution is -0.132. The minimum Gasteiger partial charge on any atom is -0.497 e. The minimum atomic E-state index is -0.0184. The number of nitrogens with zero attached hydrogens (tertiary/aromatic N) is 4. The lowest BCUT2D eigenvalue weighted by atomic mass is 10.1. The summed E-state index contributed by atoms with van der Waals surface area (Å²) in [4.78, 5) is 33.3. The van der Waals surface area contributed by atoms with Crippen molar-refractivity contribution in [1.82, 2.24) is 19.2 Å². The van der Waals surface area contributed by atoms with Crippen LogP contribution in [0.4, 0.5) is 0 Å². The van der Waals surface area contributed by atoms with Crippen LogP contribution in [0.3, 0.4) is 0 Å². The van der Waals surface area contributed by atoms with E-state index in [4.69, 9.17) is 4.74 Å². The number of fused-ring (bicyclic) bond motifs is 1. The van der Waals surface area contributed by atoms with E-state index < -0.39 is 0 Å². The van der Waals surface area contributed by atoms with Crippen LogP contribution in [0, 0.1) is 0 Å². The maximum Gasteiger partial charge on any atom is 0.253 e. The SMILES string of the molecule is COc1ccc(C(=O)N2CCN(C(=O)Cc3cn4ccccc4n3)CC2)cc1. The van der Waals surface area contributed by atoms with Gasteiger partial charge in [-0.25, -0.2) is 4.98 Å². The molecule has 2 aromatic heterocycles. The Bertz CT molecular complexity index is 955. The fourth-order valence-corrected chi connectivity index (χ4v) is 3.41. The van der Waals surface area contributed by atoms with Crippen molar-refractivity contribution < 1.29 is 14.3 Å². The number of amides is 2. The van der Waals surface area contributed by atoms with Gasteiger partial charge in [-0.05, 0) is 36.4 Å². The number of benzene rings is 1. The molecule has 1 aliphatic heterocycles. The number of pyridine rings is 1. The molecule has 28 heavy (non-hydrogen) atoms. The highest BCUT2D eigenvalue weighted by molar-refractivity contribution is 5.94. The Labute approximate surface area is 163 Å². The first kappa shape index (κ1) is 18.0. The van der Waals surface area contributed by atoms with Gasteiger partial charge in [-0.2, -0.15) is 0 Å². The molecule has 0 atom stereocenters. The molecular formula is C21H22N4O3. The maximum atomic E-state index is 12.6. The van der Waals surface area contributed by atoms with Crippen molar-refractivity contribution in [3.63, 3.8) is 0 Å². The van der Waals surface area contributed by atoms with Crippen molar-refractivity contribution >= 4 is 17.5 Å². The molecule has 0 N–H and O–H groups in total. The number of carbonyl (C=O) groups is 2. The van der Waals surface area contributed by atoms with E-state index in [-0.39, 0.29) is 18.2 Å². The van der Waals surface area contributed by atoms with Gasteiger partial charge >= 0.3 is 0 Å². The average molecular weight is 378 g/mol. The Morgan fingerprint density at radius 1 is 1.00 bits per heavy atom. The predicted octanol–water partition coefficient (Wildman–Crippen LogP) is 1.87. The second-order valence-electron chi connectivity index (χ2n) is 6.78. The van der Waals surface area contributed by atoms with Gasteiger partial charge in [0, 0.05) is 44.1 Å². The zero-order chi connectivity index (χ0) is 19.5. The molecule has 1 aliphatic rings. The van der Waals surface area contributed by atoms with Crippen molar-refractivity contribution in [1.29, 1.82) is 0 Å². The summed E-state index contributed by atoms with van der Waals surface area (Å²) in [6.45, 7) is 2.13. The Balaban J connectivity index is 1.33. The molecule has 2 amide bonds. The second kappa shape index (κ2) is 7.72. The third-order valence-corrected chi connectivity index (χ3v) is 5.00. The molecule has 1 fully saturated rings. The minimum absolute atomic E-state index is 0.0184. The molecule has 7 nitrogen and oxygen atoms in total. The molecule has 1 saturated heterocycles. The molecule has 144 valence electrons. The molecule has 0 radical (unpaired) electrons. The van der Waals surface area contributed by atoms with Gasteiger partial charge in [0.25, 0.3) is 5.91 Å². The van der Waals surface area contributed by atoms with Gasteiger partial charge in [-0.15, -0.1) is 0 Å². The molecule has 3 aromatic rings. The molecule has 4 rings (SSSR count). The van der Waals surface area contributed by atoms with E-state index >= 15 is 0 Å². The highest BCUT2D eigenvalue weighted by Crippen LogP contribution is 2.15. The number of hydrogen-bond acceptors (Lipinski definition) is 4. The zero-order valence-corrected chi connectivity index (χ0v) is 15.7. The monoisotopic (exact) mass is 378 g/mol. The van der Waals surface area contributed by atoms with Crippen LogP contribution in [0.5, 0.6) is 5.75 Å². The molecule has 0 saturated carbocycles. The predicted molar refractivity (Wildman–Crippen MR) is 104 cm³/mol. The highest BCUT2D eigenvalue weighted by Gasteiger charge is 2.25. The molecule has 3 heterocycles. The molecule has 0 spiro atoms. The third kappa shape index (κ3) is 3.69. The number of ether oxygens (including phenoxy) is 1. The fraction of sp³-hybridized carbons (Fsp3) is 0.286. The number of imidazole rings is 1. The van der Waals surface area contributed by atoms with Crippen LogP contribution in [-0.4, -0.2) is 64.3 Å². The van der Waals surface area contributed by atoms with Crippen molar-refractivity contribution in [3.8, 4) is 5.75 Å². The Morgan fingerprint density at radius 2 is 1.71 bits per heavy atom.